The highest BCUT2D eigenvalue weighted by Gasteiger charge is 2.29. The fourth-order valence-electron chi connectivity index (χ4n) is 4.48. The summed E-state index contributed by atoms with van der Waals surface area (Å²) in [4.78, 5) is 49.8. The zero-order chi connectivity index (χ0) is 32.4. The molecular weight excluding hydrogens is 564 g/mol. The van der Waals surface area contributed by atoms with E-state index in [0.717, 1.165) is 35.1 Å². The van der Waals surface area contributed by atoms with Gasteiger partial charge >= 0.3 is 23.9 Å². The standard InChI is InChI=1S/C35H34O9/c1-8-31(36)41-21(4)29-19-26(20-30(22(5)42-32(37)9-2)34(29)23(6)43-33(38)10-3)35(39)44-28-17-13-25(14-18-28)24-11-15-27(40-7)16-12-24/h8-23H,1-3H2,4-7H3. The van der Waals surface area contributed by atoms with Crippen molar-refractivity contribution in [2.24, 2.45) is 0 Å². The van der Waals surface area contributed by atoms with Gasteiger partial charge in [0.2, 0.25) is 0 Å². The summed E-state index contributed by atoms with van der Waals surface area (Å²) in [6.07, 6.45) is 0.219. The van der Waals surface area contributed by atoms with Crippen molar-refractivity contribution in [2.75, 3.05) is 7.11 Å². The van der Waals surface area contributed by atoms with Crippen LogP contribution in [0.4, 0.5) is 0 Å². The summed E-state index contributed by atoms with van der Waals surface area (Å²) in [5.41, 5.74) is 2.94. The van der Waals surface area contributed by atoms with E-state index in [-0.39, 0.29) is 11.3 Å². The Morgan fingerprint density at radius 2 is 1.00 bits per heavy atom. The van der Waals surface area contributed by atoms with Gasteiger partial charge in [-0.2, -0.15) is 0 Å². The fourth-order valence-corrected chi connectivity index (χ4v) is 4.48. The third-order valence-corrected chi connectivity index (χ3v) is 6.63. The van der Waals surface area contributed by atoms with Gasteiger partial charge in [-0.25, -0.2) is 19.2 Å². The lowest BCUT2D eigenvalue weighted by Gasteiger charge is -2.27. The second-order valence-electron chi connectivity index (χ2n) is 9.56. The molecule has 0 aliphatic carbocycles. The first-order valence-corrected chi connectivity index (χ1v) is 13.6. The van der Waals surface area contributed by atoms with Crippen molar-refractivity contribution in [3.8, 4) is 22.6 Å². The molecule has 3 unspecified atom stereocenters. The topological polar surface area (TPSA) is 114 Å². The number of carbonyl (C=O) groups excluding carboxylic acids is 4. The van der Waals surface area contributed by atoms with Crippen molar-refractivity contribution < 1.29 is 42.9 Å². The molecule has 0 aromatic heterocycles. The predicted molar refractivity (Wildman–Crippen MR) is 164 cm³/mol. The van der Waals surface area contributed by atoms with Crippen LogP contribution in [0.1, 0.15) is 66.1 Å². The molecule has 0 saturated carbocycles. The molecule has 228 valence electrons. The van der Waals surface area contributed by atoms with E-state index in [1.807, 2.05) is 36.4 Å². The zero-order valence-corrected chi connectivity index (χ0v) is 25.0. The van der Waals surface area contributed by atoms with Gasteiger partial charge in [0.1, 0.15) is 29.8 Å². The van der Waals surface area contributed by atoms with Crippen LogP contribution in [-0.2, 0) is 28.6 Å². The third kappa shape index (κ3) is 8.32. The maximum Gasteiger partial charge on any atom is 0.343 e. The predicted octanol–water partition coefficient (Wildman–Crippen LogP) is 6.95. The quantitative estimate of drug-likeness (QED) is 0.0892. The van der Waals surface area contributed by atoms with Gasteiger partial charge in [-0.3, -0.25) is 0 Å². The summed E-state index contributed by atoms with van der Waals surface area (Å²) in [6.45, 7) is 15.0. The van der Waals surface area contributed by atoms with Gasteiger partial charge in [0.05, 0.1) is 12.7 Å². The van der Waals surface area contributed by atoms with Gasteiger partial charge in [0, 0.05) is 34.9 Å². The van der Waals surface area contributed by atoms with Crippen molar-refractivity contribution in [1.29, 1.82) is 0 Å². The van der Waals surface area contributed by atoms with E-state index >= 15 is 0 Å². The third-order valence-electron chi connectivity index (χ3n) is 6.63. The Labute approximate surface area is 256 Å². The van der Waals surface area contributed by atoms with E-state index in [9.17, 15) is 19.2 Å². The molecule has 9 heteroatoms. The van der Waals surface area contributed by atoms with Crippen molar-refractivity contribution in [3.63, 3.8) is 0 Å². The van der Waals surface area contributed by atoms with Crippen molar-refractivity contribution in [3.05, 3.63) is 121 Å². The smallest absolute Gasteiger partial charge is 0.343 e. The number of hydrogen-bond donors (Lipinski definition) is 0. The Morgan fingerprint density at radius 3 is 1.39 bits per heavy atom. The molecule has 0 aliphatic heterocycles. The minimum absolute atomic E-state index is 0.0724. The summed E-state index contributed by atoms with van der Waals surface area (Å²) < 4.78 is 27.3. The molecule has 0 radical (unpaired) electrons. The van der Waals surface area contributed by atoms with Crippen LogP contribution >= 0.6 is 0 Å². The number of esters is 4. The fraction of sp³-hybridized carbons (Fsp3) is 0.200. The molecule has 3 atom stereocenters. The Morgan fingerprint density at radius 1 is 0.614 bits per heavy atom. The van der Waals surface area contributed by atoms with E-state index in [0.29, 0.717) is 16.7 Å². The maximum atomic E-state index is 13.5. The lowest BCUT2D eigenvalue weighted by atomic mass is 9.89. The van der Waals surface area contributed by atoms with Crippen LogP contribution in [0.25, 0.3) is 11.1 Å². The zero-order valence-electron chi connectivity index (χ0n) is 25.0. The van der Waals surface area contributed by atoms with Crippen LogP contribution in [0.5, 0.6) is 11.5 Å². The second kappa shape index (κ2) is 15.2. The molecule has 0 fully saturated rings. The van der Waals surface area contributed by atoms with Gasteiger partial charge in [0.25, 0.3) is 0 Å². The van der Waals surface area contributed by atoms with E-state index < -0.39 is 42.2 Å². The molecule has 3 aromatic carbocycles. The normalized spacial score (nSPS) is 12.5. The molecule has 0 amide bonds. The Kier molecular flexibility index (Phi) is 11.4. The number of ether oxygens (including phenoxy) is 5. The van der Waals surface area contributed by atoms with Crippen LogP contribution in [0.15, 0.2) is 98.6 Å². The largest absolute Gasteiger partial charge is 0.497 e. The first-order chi connectivity index (χ1) is 21.0. The van der Waals surface area contributed by atoms with Gasteiger partial charge in [-0.15, -0.1) is 0 Å². The first kappa shape index (κ1) is 33.1. The number of hydrogen-bond acceptors (Lipinski definition) is 9. The number of benzene rings is 3. The summed E-state index contributed by atoms with van der Waals surface area (Å²) in [5, 5.41) is 0. The second-order valence-corrected chi connectivity index (χ2v) is 9.56. The van der Waals surface area contributed by atoms with Gasteiger partial charge in [-0.1, -0.05) is 44.0 Å². The van der Waals surface area contributed by atoms with E-state index in [1.54, 1.807) is 40.0 Å². The van der Waals surface area contributed by atoms with Crippen molar-refractivity contribution in [1.82, 2.24) is 0 Å². The number of carbonyl (C=O) groups is 4. The molecule has 0 spiro atoms. The highest BCUT2D eigenvalue weighted by Crippen LogP contribution is 2.37. The summed E-state index contributed by atoms with van der Waals surface area (Å²) in [5.74, 6) is -1.84. The monoisotopic (exact) mass is 598 g/mol. The van der Waals surface area contributed by atoms with Crippen molar-refractivity contribution >= 4 is 23.9 Å². The highest BCUT2D eigenvalue weighted by molar-refractivity contribution is 5.92. The van der Waals surface area contributed by atoms with Crippen LogP contribution in [0.3, 0.4) is 0 Å². The number of methoxy groups -OCH3 is 1. The lowest BCUT2D eigenvalue weighted by molar-refractivity contribution is -0.145. The molecule has 44 heavy (non-hydrogen) atoms. The van der Waals surface area contributed by atoms with Crippen LogP contribution in [0.2, 0.25) is 0 Å². The van der Waals surface area contributed by atoms with Crippen LogP contribution < -0.4 is 9.47 Å². The molecule has 0 heterocycles. The minimum atomic E-state index is -0.932. The van der Waals surface area contributed by atoms with Crippen molar-refractivity contribution in [2.45, 2.75) is 39.1 Å². The molecular formula is C35H34O9. The maximum absolute atomic E-state index is 13.5. The Hall–Kier alpha value is -5.44. The Balaban J connectivity index is 2.06. The summed E-state index contributed by atoms with van der Waals surface area (Å²) in [7, 11) is 1.60. The molecule has 0 N–H and O–H groups in total. The highest BCUT2D eigenvalue weighted by atomic mass is 16.6. The lowest BCUT2D eigenvalue weighted by Crippen LogP contribution is -2.20. The average molecular weight is 599 g/mol. The summed E-state index contributed by atoms with van der Waals surface area (Å²) >= 11 is 0. The first-order valence-electron chi connectivity index (χ1n) is 13.6. The molecule has 3 rings (SSSR count). The average Bonchev–Trinajstić information content (AvgIpc) is 3.03. The molecule has 0 aliphatic rings. The molecule has 9 nitrogen and oxygen atoms in total. The van der Waals surface area contributed by atoms with Crippen LogP contribution in [-0.4, -0.2) is 31.0 Å². The van der Waals surface area contributed by atoms with Gasteiger partial charge in [0.15, 0.2) is 0 Å². The molecule has 0 saturated heterocycles. The number of rotatable bonds is 13. The van der Waals surface area contributed by atoms with E-state index in [4.69, 9.17) is 23.7 Å². The van der Waals surface area contributed by atoms with Crippen LogP contribution in [0, 0.1) is 0 Å². The SMILES string of the molecule is C=CC(=O)OC(C)c1cc(C(=O)Oc2ccc(-c3ccc(OC)cc3)cc2)cc(C(C)OC(=O)C=C)c1C(C)OC(=O)C=C. The Bertz CT molecular complexity index is 1500. The molecule has 3 aromatic rings. The minimum Gasteiger partial charge on any atom is -0.497 e. The van der Waals surface area contributed by atoms with Gasteiger partial charge in [-0.05, 0) is 68.3 Å². The summed E-state index contributed by atoms with van der Waals surface area (Å²) in [6, 6.07) is 17.4. The van der Waals surface area contributed by atoms with E-state index in [1.165, 1.54) is 12.1 Å². The van der Waals surface area contributed by atoms with Gasteiger partial charge < -0.3 is 23.7 Å². The van der Waals surface area contributed by atoms with E-state index in [2.05, 4.69) is 19.7 Å². The molecule has 0 bridgehead atoms.